The third-order valence-electron chi connectivity index (χ3n) is 5.93. The van der Waals surface area contributed by atoms with Crippen LogP contribution in [-0.4, -0.2) is 58.1 Å². The van der Waals surface area contributed by atoms with Gasteiger partial charge in [-0.15, -0.1) is 0 Å². The number of carbonyl (C=O) groups is 2. The summed E-state index contributed by atoms with van der Waals surface area (Å²) >= 11 is 0. The van der Waals surface area contributed by atoms with Crippen LogP contribution >= 0.6 is 0 Å². The van der Waals surface area contributed by atoms with Crippen molar-refractivity contribution in [3.05, 3.63) is 34.5 Å². The number of aromatic nitrogens is 2. The van der Waals surface area contributed by atoms with Gasteiger partial charge in [0.15, 0.2) is 5.69 Å². The Morgan fingerprint density at radius 1 is 0.963 bits per heavy atom. The molecule has 8 heteroatoms. The van der Waals surface area contributed by atoms with E-state index in [0.717, 1.165) is 25.8 Å². The lowest BCUT2D eigenvalue weighted by Gasteiger charge is -2.39. The van der Waals surface area contributed by atoms with E-state index in [9.17, 15) is 9.59 Å². The predicted molar refractivity (Wildman–Crippen MR) is 95.3 cm³/mol. The van der Waals surface area contributed by atoms with Crippen molar-refractivity contribution in [2.45, 2.75) is 40.0 Å². The molecule has 2 fully saturated rings. The fourth-order valence-corrected chi connectivity index (χ4v) is 4.28. The van der Waals surface area contributed by atoms with Crippen LogP contribution in [-0.2, 0) is 0 Å². The van der Waals surface area contributed by atoms with Crippen molar-refractivity contribution >= 4 is 11.8 Å². The minimum atomic E-state index is -0.0713. The molecule has 0 unspecified atom stereocenters. The number of amides is 2. The van der Waals surface area contributed by atoms with Crippen molar-refractivity contribution in [2.24, 2.45) is 5.41 Å². The summed E-state index contributed by atoms with van der Waals surface area (Å²) in [5, 5.41) is 7.72. The Morgan fingerprint density at radius 2 is 1.63 bits per heavy atom. The van der Waals surface area contributed by atoms with E-state index in [-0.39, 0.29) is 17.2 Å². The van der Waals surface area contributed by atoms with E-state index in [4.69, 9.17) is 9.05 Å². The maximum atomic E-state index is 12.8. The first-order chi connectivity index (χ1) is 12.9. The van der Waals surface area contributed by atoms with E-state index in [1.54, 1.807) is 26.8 Å². The number of rotatable bonds is 2. The lowest BCUT2D eigenvalue weighted by atomic mass is 9.77. The van der Waals surface area contributed by atoms with Gasteiger partial charge < -0.3 is 18.8 Å². The molecule has 0 saturated carbocycles. The van der Waals surface area contributed by atoms with Gasteiger partial charge in [0.2, 0.25) is 0 Å². The van der Waals surface area contributed by atoms with Gasteiger partial charge in [-0.3, -0.25) is 9.59 Å². The Hall–Kier alpha value is -2.64. The molecule has 0 aromatic carbocycles. The Kier molecular flexibility index (Phi) is 4.28. The zero-order valence-electron chi connectivity index (χ0n) is 15.9. The monoisotopic (exact) mass is 372 g/mol. The van der Waals surface area contributed by atoms with E-state index in [1.165, 1.54) is 0 Å². The van der Waals surface area contributed by atoms with Crippen molar-refractivity contribution in [1.29, 1.82) is 0 Å². The third-order valence-corrected chi connectivity index (χ3v) is 5.93. The second-order valence-corrected chi connectivity index (χ2v) is 7.79. The fraction of sp³-hybridized carbons (Fsp3) is 0.579. The van der Waals surface area contributed by atoms with Gasteiger partial charge in [0, 0.05) is 32.2 Å². The smallest absolute Gasteiger partial charge is 0.276 e. The molecule has 2 aliphatic heterocycles. The summed E-state index contributed by atoms with van der Waals surface area (Å²) in [6, 6.07) is 1.68. The van der Waals surface area contributed by atoms with Crippen LogP contribution in [0.3, 0.4) is 0 Å². The van der Waals surface area contributed by atoms with E-state index in [0.29, 0.717) is 48.1 Å². The molecule has 0 atom stereocenters. The average molecular weight is 372 g/mol. The minimum absolute atomic E-state index is 0.00917. The van der Waals surface area contributed by atoms with Gasteiger partial charge in [0.05, 0.1) is 5.69 Å². The lowest BCUT2D eigenvalue weighted by molar-refractivity contribution is 0.0561. The summed E-state index contributed by atoms with van der Waals surface area (Å²) < 4.78 is 10.2. The molecule has 2 amide bonds. The van der Waals surface area contributed by atoms with Crippen LogP contribution in [0.5, 0.6) is 0 Å². The predicted octanol–water partition coefficient (Wildman–Crippen LogP) is 2.36. The Bertz CT molecular complexity index is 857. The first kappa shape index (κ1) is 17.8. The first-order valence-corrected chi connectivity index (χ1v) is 9.33. The summed E-state index contributed by atoms with van der Waals surface area (Å²) in [4.78, 5) is 29.2. The van der Waals surface area contributed by atoms with E-state index in [1.807, 2.05) is 9.80 Å². The highest BCUT2D eigenvalue weighted by molar-refractivity contribution is 5.96. The standard InChI is InChI=1S/C19H24N4O4/c1-12-10-15(21-26-12)17(24)23-9-6-19(11-23)4-7-22(8-5-19)18(25)16-13(2)20-27-14(16)3/h10H,4-9,11H2,1-3H3. The number of hydrogen-bond acceptors (Lipinski definition) is 6. The minimum Gasteiger partial charge on any atom is -0.361 e. The molecule has 2 aromatic heterocycles. The molecule has 8 nitrogen and oxygen atoms in total. The zero-order valence-corrected chi connectivity index (χ0v) is 15.9. The highest BCUT2D eigenvalue weighted by atomic mass is 16.5. The molecule has 2 saturated heterocycles. The summed E-state index contributed by atoms with van der Waals surface area (Å²) in [5.41, 5.74) is 1.67. The second kappa shape index (κ2) is 6.51. The van der Waals surface area contributed by atoms with Crippen LogP contribution in [0.1, 0.15) is 57.3 Å². The van der Waals surface area contributed by atoms with Crippen LogP contribution in [0.25, 0.3) is 0 Å². The highest BCUT2D eigenvalue weighted by Crippen LogP contribution is 2.41. The fourth-order valence-electron chi connectivity index (χ4n) is 4.28. The SMILES string of the molecule is Cc1cc(C(=O)N2CCC3(CCN(C(=O)c4c(C)noc4C)CC3)C2)no1. The summed E-state index contributed by atoms with van der Waals surface area (Å²) in [6.07, 6.45) is 2.75. The van der Waals surface area contributed by atoms with Crippen molar-refractivity contribution in [2.75, 3.05) is 26.2 Å². The van der Waals surface area contributed by atoms with Gasteiger partial charge in [-0.1, -0.05) is 10.3 Å². The molecule has 144 valence electrons. The van der Waals surface area contributed by atoms with Crippen molar-refractivity contribution in [3.8, 4) is 0 Å². The molecule has 0 bridgehead atoms. The van der Waals surface area contributed by atoms with Gasteiger partial charge in [-0.2, -0.15) is 0 Å². The number of carbonyl (C=O) groups excluding carboxylic acids is 2. The normalized spacial score (nSPS) is 19.1. The van der Waals surface area contributed by atoms with Crippen LogP contribution in [0.4, 0.5) is 0 Å². The highest BCUT2D eigenvalue weighted by Gasteiger charge is 2.43. The van der Waals surface area contributed by atoms with Gasteiger partial charge >= 0.3 is 0 Å². The van der Waals surface area contributed by atoms with Crippen LogP contribution in [0.2, 0.25) is 0 Å². The van der Waals surface area contributed by atoms with Crippen molar-refractivity contribution in [1.82, 2.24) is 20.1 Å². The molecule has 1 spiro atoms. The summed E-state index contributed by atoms with van der Waals surface area (Å²) in [6.45, 7) is 8.16. The van der Waals surface area contributed by atoms with Gasteiger partial charge in [0.25, 0.3) is 11.8 Å². The topological polar surface area (TPSA) is 92.7 Å². The van der Waals surface area contributed by atoms with Crippen molar-refractivity contribution in [3.63, 3.8) is 0 Å². The molecule has 2 aliphatic rings. The number of hydrogen-bond donors (Lipinski definition) is 0. The Labute approximate surface area is 157 Å². The largest absolute Gasteiger partial charge is 0.361 e. The van der Waals surface area contributed by atoms with Crippen molar-refractivity contribution < 1.29 is 18.6 Å². The van der Waals surface area contributed by atoms with E-state index < -0.39 is 0 Å². The lowest BCUT2D eigenvalue weighted by Crippen LogP contribution is -2.45. The molecule has 27 heavy (non-hydrogen) atoms. The molecule has 0 aliphatic carbocycles. The molecular formula is C19H24N4O4. The summed E-state index contributed by atoms with van der Waals surface area (Å²) in [5.74, 6) is 1.12. The molecule has 2 aromatic rings. The number of aryl methyl sites for hydroxylation is 3. The maximum absolute atomic E-state index is 12.8. The van der Waals surface area contributed by atoms with Gasteiger partial charge in [-0.05, 0) is 45.4 Å². The van der Waals surface area contributed by atoms with E-state index in [2.05, 4.69) is 10.3 Å². The first-order valence-electron chi connectivity index (χ1n) is 9.33. The molecule has 4 rings (SSSR count). The molecule has 4 heterocycles. The molecule has 0 radical (unpaired) electrons. The van der Waals surface area contributed by atoms with Gasteiger partial charge in [0.1, 0.15) is 17.1 Å². The average Bonchev–Trinajstić information content (AvgIpc) is 3.35. The zero-order chi connectivity index (χ0) is 19.2. The van der Waals surface area contributed by atoms with Crippen LogP contribution in [0.15, 0.2) is 15.1 Å². The number of likely N-dealkylation sites (tertiary alicyclic amines) is 2. The second-order valence-electron chi connectivity index (χ2n) is 7.79. The van der Waals surface area contributed by atoms with Crippen LogP contribution < -0.4 is 0 Å². The summed E-state index contributed by atoms with van der Waals surface area (Å²) in [7, 11) is 0. The molecule has 0 N–H and O–H groups in total. The van der Waals surface area contributed by atoms with Gasteiger partial charge in [-0.25, -0.2) is 0 Å². The maximum Gasteiger partial charge on any atom is 0.276 e. The quantitative estimate of drug-likeness (QED) is 0.803. The Morgan fingerprint density at radius 3 is 2.19 bits per heavy atom. The number of nitrogens with zero attached hydrogens (tertiary/aromatic N) is 4. The van der Waals surface area contributed by atoms with Crippen LogP contribution in [0, 0.1) is 26.2 Å². The van der Waals surface area contributed by atoms with E-state index >= 15 is 0 Å². The number of piperidine rings is 1. The molecular weight excluding hydrogens is 348 g/mol. The Balaban J connectivity index is 1.39. The third kappa shape index (κ3) is 3.13.